The van der Waals surface area contributed by atoms with Crippen LogP contribution in [0.25, 0.3) is 0 Å². The van der Waals surface area contributed by atoms with E-state index in [1.165, 1.54) is 25.1 Å². The zero-order chi connectivity index (χ0) is 15.3. The van der Waals surface area contributed by atoms with Crippen molar-refractivity contribution in [3.63, 3.8) is 0 Å². The number of carbonyl (C=O) groups is 1. The van der Waals surface area contributed by atoms with Crippen LogP contribution in [-0.4, -0.2) is 17.0 Å². The number of hydrogen-bond acceptors (Lipinski definition) is 3. The third-order valence-corrected chi connectivity index (χ3v) is 2.73. The van der Waals surface area contributed by atoms with Gasteiger partial charge in [0.25, 0.3) is 0 Å². The monoisotopic (exact) mass is 289 g/mol. The highest BCUT2D eigenvalue weighted by molar-refractivity contribution is 6.01. The zero-order valence-electron chi connectivity index (χ0n) is 10.6. The summed E-state index contributed by atoms with van der Waals surface area (Å²) in [5.41, 5.74) is 4.38. The number of rotatable bonds is 4. The summed E-state index contributed by atoms with van der Waals surface area (Å²) >= 11 is 0. The van der Waals surface area contributed by atoms with E-state index >= 15 is 0 Å². The largest absolute Gasteiger partial charge is 0.416 e. The SMILES string of the molecule is CC(C(=O)NCc1ccccc1C(F)(F)F)C(N)=NO. The van der Waals surface area contributed by atoms with Gasteiger partial charge in [0.2, 0.25) is 5.91 Å². The highest BCUT2D eigenvalue weighted by Gasteiger charge is 2.33. The minimum atomic E-state index is -4.49. The summed E-state index contributed by atoms with van der Waals surface area (Å²) in [4.78, 5) is 11.6. The van der Waals surface area contributed by atoms with Crippen LogP contribution < -0.4 is 11.1 Å². The maximum Gasteiger partial charge on any atom is 0.416 e. The molecule has 0 aromatic heterocycles. The van der Waals surface area contributed by atoms with Crippen molar-refractivity contribution >= 4 is 11.7 Å². The second-order valence-corrected chi connectivity index (χ2v) is 4.12. The fourth-order valence-corrected chi connectivity index (χ4v) is 1.51. The van der Waals surface area contributed by atoms with Gasteiger partial charge in [0, 0.05) is 6.54 Å². The predicted octanol–water partition coefficient (Wildman–Crippen LogP) is 1.70. The standard InChI is InChI=1S/C12H14F3N3O2/c1-7(10(16)18-20)11(19)17-6-8-4-2-3-5-9(8)12(13,14)15/h2-5,7,20H,6H2,1H3,(H2,16,18)(H,17,19). The normalized spacial score (nSPS) is 13.9. The Morgan fingerprint density at radius 3 is 2.60 bits per heavy atom. The van der Waals surface area contributed by atoms with Gasteiger partial charge in [0.1, 0.15) is 0 Å². The van der Waals surface area contributed by atoms with Crippen LogP contribution in [0.5, 0.6) is 0 Å². The number of carbonyl (C=O) groups excluding carboxylic acids is 1. The first-order valence-electron chi connectivity index (χ1n) is 5.67. The molecule has 0 spiro atoms. The number of amidine groups is 1. The Kier molecular flexibility index (Phi) is 4.95. The number of oxime groups is 1. The first kappa shape index (κ1) is 15.8. The van der Waals surface area contributed by atoms with Crippen molar-refractivity contribution in [2.45, 2.75) is 19.6 Å². The van der Waals surface area contributed by atoms with Gasteiger partial charge in [0.15, 0.2) is 5.84 Å². The summed E-state index contributed by atoms with van der Waals surface area (Å²) < 4.78 is 38.2. The highest BCUT2D eigenvalue weighted by Crippen LogP contribution is 2.31. The van der Waals surface area contributed by atoms with E-state index in [1.807, 2.05) is 0 Å². The van der Waals surface area contributed by atoms with E-state index in [0.29, 0.717) is 0 Å². The third-order valence-electron chi connectivity index (χ3n) is 2.73. The highest BCUT2D eigenvalue weighted by atomic mass is 19.4. The molecule has 1 atom stereocenters. The molecular formula is C12H14F3N3O2. The number of nitrogens with one attached hydrogen (secondary N) is 1. The lowest BCUT2D eigenvalue weighted by atomic mass is 10.1. The quantitative estimate of drug-likeness (QED) is 0.341. The molecule has 110 valence electrons. The third kappa shape index (κ3) is 3.87. The lowest BCUT2D eigenvalue weighted by molar-refractivity contribution is -0.138. The number of hydrogen-bond donors (Lipinski definition) is 3. The molecule has 1 amide bonds. The lowest BCUT2D eigenvalue weighted by Gasteiger charge is -2.14. The fraction of sp³-hybridized carbons (Fsp3) is 0.333. The van der Waals surface area contributed by atoms with E-state index in [-0.39, 0.29) is 17.9 Å². The van der Waals surface area contributed by atoms with Crippen molar-refractivity contribution in [1.29, 1.82) is 0 Å². The van der Waals surface area contributed by atoms with E-state index in [9.17, 15) is 18.0 Å². The molecule has 1 unspecified atom stereocenters. The van der Waals surface area contributed by atoms with Gasteiger partial charge >= 0.3 is 6.18 Å². The molecule has 5 nitrogen and oxygen atoms in total. The summed E-state index contributed by atoms with van der Waals surface area (Å²) in [6.07, 6.45) is -4.49. The van der Waals surface area contributed by atoms with Crippen molar-refractivity contribution < 1.29 is 23.2 Å². The van der Waals surface area contributed by atoms with Gasteiger partial charge in [-0.1, -0.05) is 23.4 Å². The second kappa shape index (κ2) is 6.27. The van der Waals surface area contributed by atoms with Gasteiger partial charge in [-0.05, 0) is 18.6 Å². The molecule has 0 aliphatic rings. The summed E-state index contributed by atoms with van der Waals surface area (Å²) in [7, 11) is 0. The van der Waals surface area contributed by atoms with Crippen LogP contribution in [0.15, 0.2) is 29.4 Å². The predicted molar refractivity (Wildman–Crippen MR) is 65.9 cm³/mol. The Bertz CT molecular complexity index is 515. The number of halogens is 3. The fourth-order valence-electron chi connectivity index (χ4n) is 1.51. The van der Waals surface area contributed by atoms with Crippen LogP contribution in [0.4, 0.5) is 13.2 Å². The van der Waals surface area contributed by atoms with Gasteiger partial charge in [-0.2, -0.15) is 13.2 Å². The molecule has 0 saturated carbocycles. The molecule has 4 N–H and O–H groups in total. The Hall–Kier alpha value is -2.25. The molecule has 20 heavy (non-hydrogen) atoms. The smallest absolute Gasteiger partial charge is 0.409 e. The molecule has 0 radical (unpaired) electrons. The first-order valence-corrected chi connectivity index (χ1v) is 5.67. The van der Waals surface area contributed by atoms with Gasteiger partial charge in [-0.3, -0.25) is 4.79 Å². The average Bonchev–Trinajstić information content (AvgIpc) is 2.42. The van der Waals surface area contributed by atoms with Crippen LogP contribution in [0.1, 0.15) is 18.1 Å². The average molecular weight is 289 g/mol. The molecule has 0 bridgehead atoms. The Balaban J connectivity index is 2.79. The van der Waals surface area contributed by atoms with Crippen LogP contribution in [0, 0.1) is 5.92 Å². The molecule has 0 heterocycles. The topological polar surface area (TPSA) is 87.7 Å². The number of alkyl halides is 3. The summed E-state index contributed by atoms with van der Waals surface area (Å²) in [5, 5.41) is 13.4. The lowest BCUT2D eigenvalue weighted by Crippen LogP contribution is -2.37. The zero-order valence-corrected chi connectivity index (χ0v) is 10.6. The van der Waals surface area contributed by atoms with Crippen molar-refractivity contribution in [3.8, 4) is 0 Å². The number of amides is 1. The van der Waals surface area contributed by atoms with E-state index < -0.39 is 23.6 Å². The van der Waals surface area contributed by atoms with Crippen molar-refractivity contribution in [2.75, 3.05) is 0 Å². The number of nitrogens with two attached hydrogens (primary N) is 1. The molecule has 0 aliphatic carbocycles. The Labute approximate surface area is 113 Å². The van der Waals surface area contributed by atoms with E-state index in [4.69, 9.17) is 10.9 Å². The first-order chi connectivity index (χ1) is 9.27. The molecule has 8 heteroatoms. The second-order valence-electron chi connectivity index (χ2n) is 4.12. The molecule has 1 rings (SSSR count). The summed E-state index contributed by atoms with van der Waals surface area (Å²) in [6.45, 7) is 1.08. The molecule has 0 aliphatic heterocycles. The maximum absolute atomic E-state index is 12.7. The van der Waals surface area contributed by atoms with Crippen molar-refractivity contribution in [3.05, 3.63) is 35.4 Å². The van der Waals surface area contributed by atoms with E-state index in [0.717, 1.165) is 6.07 Å². The van der Waals surface area contributed by atoms with Gasteiger partial charge in [-0.15, -0.1) is 0 Å². The van der Waals surface area contributed by atoms with Crippen molar-refractivity contribution in [2.24, 2.45) is 16.8 Å². The van der Waals surface area contributed by atoms with E-state index in [2.05, 4.69) is 10.5 Å². The van der Waals surface area contributed by atoms with Crippen LogP contribution in [-0.2, 0) is 17.5 Å². The van der Waals surface area contributed by atoms with Gasteiger partial charge in [-0.25, -0.2) is 0 Å². The minimum absolute atomic E-state index is 0.0555. The van der Waals surface area contributed by atoms with Gasteiger partial charge in [0.05, 0.1) is 11.5 Å². The Morgan fingerprint density at radius 1 is 1.45 bits per heavy atom. The van der Waals surface area contributed by atoms with Crippen LogP contribution >= 0.6 is 0 Å². The maximum atomic E-state index is 12.7. The van der Waals surface area contributed by atoms with Crippen LogP contribution in [0.3, 0.4) is 0 Å². The number of benzene rings is 1. The molecule has 1 aromatic rings. The van der Waals surface area contributed by atoms with Crippen molar-refractivity contribution in [1.82, 2.24) is 5.32 Å². The van der Waals surface area contributed by atoms with Crippen LogP contribution in [0.2, 0.25) is 0 Å². The molecule has 0 fully saturated rings. The Morgan fingerprint density at radius 2 is 2.05 bits per heavy atom. The van der Waals surface area contributed by atoms with E-state index in [1.54, 1.807) is 0 Å². The summed E-state index contributed by atoms with van der Waals surface area (Å²) in [6, 6.07) is 4.93. The minimum Gasteiger partial charge on any atom is -0.409 e. The summed E-state index contributed by atoms with van der Waals surface area (Å²) in [5.74, 6) is -1.87. The van der Waals surface area contributed by atoms with Gasteiger partial charge < -0.3 is 16.3 Å². The number of nitrogens with zero attached hydrogens (tertiary/aromatic N) is 1. The molecular weight excluding hydrogens is 275 g/mol. The molecule has 0 saturated heterocycles. The molecule has 1 aromatic carbocycles.